The minimum atomic E-state index is -0.0135. The maximum Gasteiger partial charge on any atom is 0.254 e. The third-order valence-electron chi connectivity index (χ3n) is 3.78. The molecule has 22 heavy (non-hydrogen) atoms. The summed E-state index contributed by atoms with van der Waals surface area (Å²) in [5, 5.41) is 2.85. The summed E-state index contributed by atoms with van der Waals surface area (Å²) >= 11 is 0. The van der Waals surface area contributed by atoms with Crippen LogP contribution in [0.4, 0.5) is 5.69 Å². The molecule has 1 aliphatic heterocycles. The number of carbonyl (C=O) groups is 2. The van der Waals surface area contributed by atoms with Crippen molar-refractivity contribution in [1.82, 2.24) is 4.90 Å². The smallest absolute Gasteiger partial charge is 0.254 e. The van der Waals surface area contributed by atoms with E-state index in [0.29, 0.717) is 37.4 Å². The van der Waals surface area contributed by atoms with Crippen LogP contribution in [0, 0.1) is 0 Å². The van der Waals surface area contributed by atoms with Crippen LogP contribution in [0.5, 0.6) is 0 Å². The molecule has 5 heteroatoms. The first-order valence-electron chi connectivity index (χ1n) is 7.90. The molecule has 1 N–H and O–H groups in total. The number of nitrogens with one attached hydrogen (secondary N) is 1. The van der Waals surface area contributed by atoms with Gasteiger partial charge in [-0.15, -0.1) is 0 Å². The van der Waals surface area contributed by atoms with E-state index in [9.17, 15) is 9.59 Å². The van der Waals surface area contributed by atoms with Crippen LogP contribution in [0.25, 0.3) is 0 Å². The number of nitrogens with zero attached hydrogens (tertiary/aromatic N) is 1. The molecule has 1 aliphatic rings. The molecule has 1 unspecified atom stereocenters. The fourth-order valence-corrected chi connectivity index (χ4v) is 2.49. The summed E-state index contributed by atoms with van der Waals surface area (Å²) in [7, 11) is 0. The van der Waals surface area contributed by atoms with Crippen molar-refractivity contribution in [2.75, 3.05) is 25.1 Å². The minimum Gasteiger partial charge on any atom is -0.377 e. The highest BCUT2D eigenvalue weighted by atomic mass is 16.5. The lowest BCUT2D eigenvalue weighted by molar-refractivity contribution is -0.116. The third kappa shape index (κ3) is 4.31. The van der Waals surface area contributed by atoms with Crippen LogP contribution in [0.1, 0.15) is 43.5 Å². The van der Waals surface area contributed by atoms with Gasteiger partial charge in [0.25, 0.3) is 5.91 Å². The summed E-state index contributed by atoms with van der Waals surface area (Å²) in [6.45, 7) is 5.78. The first-order valence-corrected chi connectivity index (χ1v) is 7.90. The Labute approximate surface area is 131 Å². The van der Waals surface area contributed by atoms with Crippen LogP contribution in [-0.4, -0.2) is 42.5 Å². The zero-order chi connectivity index (χ0) is 15.9. The maximum atomic E-state index is 12.6. The second-order valence-corrected chi connectivity index (χ2v) is 5.66. The molecule has 2 amide bonds. The molecule has 1 saturated heterocycles. The van der Waals surface area contributed by atoms with Crippen LogP contribution >= 0.6 is 0 Å². The van der Waals surface area contributed by atoms with Crippen molar-refractivity contribution in [3.05, 3.63) is 29.8 Å². The van der Waals surface area contributed by atoms with E-state index in [4.69, 9.17) is 4.74 Å². The normalized spacial score (nSPS) is 18.1. The second kappa shape index (κ2) is 7.94. The number of benzene rings is 1. The monoisotopic (exact) mass is 304 g/mol. The number of morpholine rings is 1. The first kappa shape index (κ1) is 16.5. The molecule has 0 aromatic heterocycles. The van der Waals surface area contributed by atoms with Gasteiger partial charge in [0, 0.05) is 24.2 Å². The number of ether oxygens (including phenoxy) is 1. The van der Waals surface area contributed by atoms with Crippen molar-refractivity contribution in [2.45, 2.75) is 39.2 Å². The van der Waals surface area contributed by atoms with Crippen LogP contribution in [0.15, 0.2) is 24.3 Å². The van der Waals surface area contributed by atoms with Crippen molar-refractivity contribution in [2.24, 2.45) is 0 Å². The van der Waals surface area contributed by atoms with E-state index in [1.165, 1.54) is 0 Å². The molecule has 1 aromatic carbocycles. The molecule has 5 nitrogen and oxygen atoms in total. The predicted octanol–water partition coefficient (Wildman–Crippen LogP) is 2.68. The van der Waals surface area contributed by atoms with Gasteiger partial charge in [-0.25, -0.2) is 0 Å². The van der Waals surface area contributed by atoms with Crippen LogP contribution in [0.2, 0.25) is 0 Å². The summed E-state index contributed by atoms with van der Waals surface area (Å²) in [4.78, 5) is 26.2. The first-order chi connectivity index (χ1) is 10.6. The SMILES string of the molecule is CCCCC(=O)Nc1cccc(C(=O)N2CCOCC2C)c1. The van der Waals surface area contributed by atoms with E-state index >= 15 is 0 Å². The number of hydrogen-bond donors (Lipinski definition) is 1. The highest BCUT2D eigenvalue weighted by molar-refractivity contribution is 5.97. The molecule has 0 saturated carbocycles. The lowest BCUT2D eigenvalue weighted by Crippen LogP contribution is -2.47. The molecule has 1 aromatic rings. The molecule has 0 bridgehead atoms. The Balaban J connectivity index is 2.04. The van der Waals surface area contributed by atoms with Crippen molar-refractivity contribution in [3.8, 4) is 0 Å². The number of unbranched alkanes of at least 4 members (excludes halogenated alkanes) is 1. The van der Waals surface area contributed by atoms with Gasteiger partial charge in [-0.2, -0.15) is 0 Å². The molecular weight excluding hydrogens is 280 g/mol. The predicted molar refractivity (Wildman–Crippen MR) is 85.9 cm³/mol. The number of anilines is 1. The van der Waals surface area contributed by atoms with Crippen molar-refractivity contribution < 1.29 is 14.3 Å². The number of amides is 2. The van der Waals surface area contributed by atoms with E-state index in [-0.39, 0.29) is 17.9 Å². The summed E-state index contributed by atoms with van der Waals surface area (Å²) < 4.78 is 5.36. The highest BCUT2D eigenvalue weighted by Crippen LogP contribution is 2.16. The number of hydrogen-bond acceptors (Lipinski definition) is 3. The zero-order valence-corrected chi connectivity index (χ0v) is 13.3. The highest BCUT2D eigenvalue weighted by Gasteiger charge is 2.24. The van der Waals surface area contributed by atoms with Gasteiger partial charge in [0.2, 0.25) is 5.91 Å². The van der Waals surface area contributed by atoms with Gasteiger partial charge in [-0.1, -0.05) is 19.4 Å². The molecular formula is C17H24N2O3. The fourth-order valence-electron chi connectivity index (χ4n) is 2.49. The van der Waals surface area contributed by atoms with E-state index < -0.39 is 0 Å². The lowest BCUT2D eigenvalue weighted by Gasteiger charge is -2.33. The van der Waals surface area contributed by atoms with E-state index in [1.54, 1.807) is 18.2 Å². The van der Waals surface area contributed by atoms with Gasteiger partial charge in [0.05, 0.1) is 19.3 Å². The largest absolute Gasteiger partial charge is 0.377 e. The summed E-state index contributed by atoms with van der Waals surface area (Å²) in [5.74, 6) is -0.0216. The Morgan fingerprint density at radius 1 is 1.41 bits per heavy atom. The third-order valence-corrected chi connectivity index (χ3v) is 3.78. The molecule has 0 spiro atoms. The average molecular weight is 304 g/mol. The van der Waals surface area contributed by atoms with E-state index in [2.05, 4.69) is 12.2 Å². The standard InChI is InChI=1S/C17H24N2O3/c1-3-4-8-16(20)18-15-7-5-6-14(11-15)17(21)19-9-10-22-12-13(19)2/h5-7,11,13H,3-4,8-10,12H2,1-2H3,(H,18,20). The Kier molecular flexibility index (Phi) is 5.95. The van der Waals surface area contributed by atoms with Gasteiger partial charge in [0.15, 0.2) is 0 Å². The summed E-state index contributed by atoms with van der Waals surface area (Å²) in [6.07, 6.45) is 2.37. The van der Waals surface area contributed by atoms with Crippen molar-refractivity contribution in [1.29, 1.82) is 0 Å². The lowest BCUT2D eigenvalue weighted by atomic mass is 10.1. The Morgan fingerprint density at radius 3 is 2.95 bits per heavy atom. The van der Waals surface area contributed by atoms with Gasteiger partial charge in [0.1, 0.15) is 0 Å². The summed E-state index contributed by atoms with van der Waals surface area (Å²) in [6, 6.07) is 7.21. The van der Waals surface area contributed by atoms with Crippen molar-refractivity contribution in [3.63, 3.8) is 0 Å². The molecule has 0 radical (unpaired) electrons. The van der Waals surface area contributed by atoms with Gasteiger partial charge < -0.3 is 15.0 Å². The quantitative estimate of drug-likeness (QED) is 0.910. The molecule has 1 atom stereocenters. The Morgan fingerprint density at radius 2 is 2.23 bits per heavy atom. The average Bonchev–Trinajstić information content (AvgIpc) is 2.53. The van der Waals surface area contributed by atoms with Gasteiger partial charge >= 0.3 is 0 Å². The molecule has 1 heterocycles. The van der Waals surface area contributed by atoms with Gasteiger partial charge in [-0.05, 0) is 31.5 Å². The van der Waals surface area contributed by atoms with Gasteiger partial charge in [-0.3, -0.25) is 9.59 Å². The Bertz CT molecular complexity index is 530. The van der Waals surface area contributed by atoms with Crippen LogP contribution in [0.3, 0.4) is 0 Å². The van der Waals surface area contributed by atoms with E-state index in [1.807, 2.05) is 17.9 Å². The van der Waals surface area contributed by atoms with Crippen LogP contribution in [-0.2, 0) is 9.53 Å². The topological polar surface area (TPSA) is 58.6 Å². The zero-order valence-electron chi connectivity index (χ0n) is 13.3. The number of carbonyl (C=O) groups excluding carboxylic acids is 2. The van der Waals surface area contributed by atoms with Crippen LogP contribution < -0.4 is 5.32 Å². The maximum absolute atomic E-state index is 12.6. The fraction of sp³-hybridized carbons (Fsp3) is 0.529. The second-order valence-electron chi connectivity index (χ2n) is 5.66. The summed E-state index contributed by atoms with van der Waals surface area (Å²) in [5.41, 5.74) is 1.27. The van der Waals surface area contributed by atoms with Crippen molar-refractivity contribution >= 4 is 17.5 Å². The molecule has 0 aliphatic carbocycles. The molecule has 1 fully saturated rings. The molecule has 120 valence electrons. The Hall–Kier alpha value is -1.88. The minimum absolute atomic E-state index is 0.00816. The molecule has 2 rings (SSSR count). The van der Waals surface area contributed by atoms with E-state index in [0.717, 1.165) is 12.8 Å². The number of rotatable bonds is 5.